The molecule has 4 aliphatic rings. The molecule has 2 atom stereocenters. The zero-order valence-electron chi connectivity index (χ0n) is 45.5. The normalized spacial score (nSPS) is 29.9. The molecule has 14 nitrogen and oxygen atoms in total. The molecule has 412 valence electrons. The number of hydrogen-bond donors (Lipinski definition) is 0. The van der Waals surface area contributed by atoms with Crippen LogP contribution in [0.4, 0.5) is 0 Å². The summed E-state index contributed by atoms with van der Waals surface area (Å²) < 4.78 is 114. The van der Waals surface area contributed by atoms with Crippen molar-refractivity contribution in [2.45, 2.75) is 39.3 Å². The molecule has 0 amide bonds. The van der Waals surface area contributed by atoms with Crippen molar-refractivity contribution in [3.8, 4) is 0 Å². The molecule has 25 heteroatoms. The number of rotatable bonds is 15. The molecular formula is C55H64O14Si11. The largest absolute Gasteiger partial charge is 0.522 e. The summed E-state index contributed by atoms with van der Waals surface area (Å²) in [5, 5.41) is 4.45. The summed E-state index contributed by atoms with van der Waals surface area (Å²) in [4.78, 5) is 0. The highest BCUT2D eigenvalue weighted by atomic mass is 28.6. The highest BCUT2D eigenvalue weighted by Crippen LogP contribution is 2.43. The van der Waals surface area contributed by atoms with Gasteiger partial charge in [0, 0.05) is 48.6 Å². The predicted molar refractivity (Wildman–Crippen MR) is 332 cm³/mol. The first-order valence-electron chi connectivity index (χ1n) is 26.8. The van der Waals surface area contributed by atoms with E-state index in [-0.39, 0.29) is 0 Å². The number of fused-ring (bicyclic) bond motifs is 4. The Kier molecular flexibility index (Phi) is 17.0. The molecule has 80 heavy (non-hydrogen) atoms. The van der Waals surface area contributed by atoms with Crippen molar-refractivity contribution in [1.29, 1.82) is 0 Å². The van der Waals surface area contributed by atoms with Crippen molar-refractivity contribution >= 4 is 139 Å². The van der Waals surface area contributed by atoms with Crippen LogP contribution in [0.15, 0.2) is 243 Å². The minimum atomic E-state index is -5.11. The Balaban J connectivity index is 1.42. The molecule has 0 spiro atoms. The van der Waals surface area contributed by atoms with Crippen LogP contribution in [0.2, 0.25) is 39.3 Å². The molecule has 0 aliphatic carbocycles. The maximum absolute atomic E-state index is 8.56. The Morgan fingerprint density at radius 1 is 0.225 bits per heavy atom. The van der Waals surface area contributed by atoms with Gasteiger partial charge in [0.2, 0.25) is 0 Å². The first-order valence-corrected chi connectivity index (χ1v) is 48.9. The molecule has 4 saturated heterocycles. The van der Waals surface area contributed by atoms with Gasteiger partial charge in [-0.1, -0.05) is 243 Å². The van der Waals surface area contributed by atoms with Gasteiger partial charge in [-0.05, 0) is 39.3 Å². The van der Waals surface area contributed by atoms with Crippen LogP contribution in [-0.2, 0) is 57.9 Å². The van der Waals surface area contributed by atoms with Gasteiger partial charge in [-0.15, -0.1) is 0 Å². The average molecular weight is 1260 g/mol. The Morgan fingerprint density at radius 2 is 0.388 bits per heavy atom. The minimum absolute atomic E-state index is 0.509. The van der Waals surface area contributed by atoms with Crippen LogP contribution in [0.3, 0.4) is 0 Å². The van der Waals surface area contributed by atoms with Gasteiger partial charge in [-0.3, -0.25) is 0 Å². The van der Waals surface area contributed by atoms with Gasteiger partial charge in [-0.2, -0.15) is 0 Å². The average Bonchev–Trinajstić information content (AvgIpc) is 3.42. The maximum atomic E-state index is 8.56. The van der Waals surface area contributed by atoms with E-state index in [9.17, 15) is 0 Å². The lowest BCUT2D eigenvalue weighted by Gasteiger charge is -2.57. The third kappa shape index (κ3) is 11.3. The van der Waals surface area contributed by atoms with E-state index < -0.39 is 97.6 Å². The fourth-order valence-corrected chi connectivity index (χ4v) is 60.7. The predicted octanol–water partition coefficient (Wildman–Crippen LogP) is 4.61. The molecule has 4 bridgehead atoms. The smallest absolute Gasteiger partial charge is 0.416 e. The summed E-state index contributed by atoms with van der Waals surface area (Å²) in [7, 11) is -44.5. The van der Waals surface area contributed by atoms with Crippen molar-refractivity contribution in [3.63, 3.8) is 0 Å². The second kappa shape index (κ2) is 23.7. The summed E-state index contributed by atoms with van der Waals surface area (Å²) in [5.41, 5.74) is 0. The van der Waals surface area contributed by atoms with Gasteiger partial charge in [0.05, 0.1) is 0 Å². The first kappa shape index (κ1) is 57.4. The fourth-order valence-electron chi connectivity index (χ4n) is 9.90. The molecule has 0 aromatic heterocycles. The molecule has 4 aliphatic heterocycles. The van der Waals surface area contributed by atoms with Crippen LogP contribution in [0.25, 0.3) is 0 Å². The van der Waals surface area contributed by atoms with Gasteiger partial charge in [0.25, 0.3) is 0 Å². The van der Waals surface area contributed by atoms with E-state index in [1.54, 1.807) is 7.11 Å². The molecule has 0 N–H and O–H groups in total. The van der Waals surface area contributed by atoms with Crippen molar-refractivity contribution in [3.05, 3.63) is 243 Å². The second-order valence-corrected chi connectivity index (χ2v) is 51.3. The summed E-state index contributed by atoms with van der Waals surface area (Å²) in [5.74, 6) is 0. The van der Waals surface area contributed by atoms with E-state index in [0.717, 1.165) is 0 Å². The Hall–Kier alpha value is -4.41. The monoisotopic (exact) mass is 1260 g/mol. The van der Waals surface area contributed by atoms with Crippen molar-refractivity contribution < 1.29 is 57.9 Å². The third-order valence-electron chi connectivity index (χ3n) is 13.1. The molecule has 4 heterocycles. The summed E-state index contributed by atoms with van der Waals surface area (Å²) in [6.07, 6.45) is 0. The molecule has 4 fully saturated rings. The fraction of sp³-hybridized carbons (Fsp3) is 0.127. The standard InChI is InChI=1S/C55H64O14Si11/c1-56-73(48-32-16-8-17-33-48)60-77(52-40-24-12-25-41-52)62-74(57-70(2)3,49-34-18-9-19-35-49)63-78(61-73,53-42-26-13-27-43-53)69-80(55-46-30-15-31-47-55)65-75(58-71(4)5,50-36-20-10-21-37-50)64-79(68-77,54-44-28-14-29-45-54)66-76(67-80,59-72(6)7)51-38-22-11-23-39-51/h8-47,70-72H,1-7H3. The zero-order valence-corrected chi connectivity index (χ0v) is 57.0. The number of hydrogen-bond acceptors (Lipinski definition) is 14. The summed E-state index contributed by atoms with van der Waals surface area (Å²) >= 11 is 0. The van der Waals surface area contributed by atoms with Gasteiger partial charge < -0.3 is 57.9 Å². The molecular weight excluding hydrogens is 1190 g/mol. The van der Waals surface area contributed by atoms with Crippen molar-refractivity contribution in [1.82, 2.24) is 0 Å². The SMILES string of the molecule is CO[Si]1(c2ccccc2)O[Si]2(c3ccccc3)O[Si](O[SiH](C)C)(c3ccccc3)O[Si](c3ccccc3)(O1)O[Si]1(c3ccccc3)O[Si](O[SiH](C)C)(c3ccccc3)O[Si](c3ccccc3)(O[Si](O[SiH](C)C)(c3ccccc3)O1)O2. The third-order valence-corrected chi connectivity index (χ3v) is 52.9. The lowest BCUT2D eigenvalue weighted by molar-refractivity contribution is 0.0441. The molecule has 0 saturated carbocycles. The molecule has 8 aromatic carbocycles. The Labute approximate surface area is 482 Å². The summed E-state index contributed by atoms with van der Waals surface area (Å²) in [6, 6.07) is 77.6. The van der Waals surface area contributed by atoms with E-state index in [0.29, 0.717) is 41.5 Å². The maximum Gasteiger partial charge on any atom is 0.522 e. The van der Waals surface area contributed by atoms with Crippen LogP contribution < -0.4 is 41.5 Å². The van der Waals surface area contributed by atoms with E-state index in [4.69, 9.17) is 57.9 Å². The molecule has 0 radical (unpaired) electrons. The molecule has 8 aromatic rings. The quantitative estimate of drug-likeness (QED) is 0.133. The Morgan fingerprint density at radius 3 is 0.562 bits per heavy atom. The highest BCUT2D eigenvalue weighted by molar-refractivity contribution is 7.10. The van der Waals surface area contributed by atoms with Gasteiger partial charge in [0.1, 0.15) is 0 Å². The van der Waals surface area contributed by atoms with E-state index >= 15 is 0 Å². The van der Waals surface area contributed by atoms with Crippen LogP contribution in [0.1, 0.15) is 0 Å². The van der Waals surface area contributed by atoms with Crippen LogP contribution >= 0.6 is 0 Å². The van der Waals surface area contributed by atoms with Crippen LogP contribution in [0, 0.1) is 0 Å². The van der Waals surface area contributed by atoms with Crippen molar-refractivity contribution in [2.75, 3.05) is 7.11 Å². The first-order chi connectivity index (χ1) is 38.7. The lowest BCUT2D eigenvalue weighted by atomic mass is 10.4. The van der Waals surface area contributed by atoms with Crippen LogP contribution in [-0.4, -0.2) is 105 Å². The van der Waals surface area contributed by atoms with Gasteiger partial charge in [0.15, 0.2) is 27.1 Å². The van der Waals surface area contributed by atoms with Crippen molar-refractivity contribution in [2.24, 2.45) is 0 Å². The van der Waals surface area contributed by atoms with E-state index in [1.807, 2.05) is 243 Å². The molecule has 2 unspecified atom stereocenters. The summed E-state index contributed by atoms with van der Waals surface area (Å²) in [6.45, 7) is 12.5. The highest BCUT2D eigenvalue weighted by Gasteiger charge is 2.80. The second-order valence-electron chi connectivity index (χ2n) is 20.1. The minimum Gasteiger partial charge on any atom is -0.416 e. The zero-order chi connectivity index (χ0) is 55.5. The van der Waals surface area contributed by atoms with E-state index in [1.165, 1.54) is 0 Å². The lowest BCUT2D eigenvalue weighted by Crippen LogP contribution is -2.90. The number of benzene rings is 8. The van der Waals surface area contributed by atoms with Crippen LogP contribution in [0.5, 0.6) is 0 Å². The topological polar surface area (TPSA) is 129 Å². The van der Waals surface area contributed by atoms with E-state index in [2.05, 4.69) is 39.3 Å². The van der Waals surface area contributed by atoms with Gasteiger partial charge >= 0.3 is 70.4 Å². The van der Waals surface area contributed by atoms with Gasteiger partial charge in [-0.25, -0.2) is 0 Å². The molecule has 12 rings (SSSR count). The Bertz CT molecular complexity index is 3110.